The van der Waals surface area contributed by atoms with Crippen LogP contribution in [-0.2, 0) is 0 Å². The number of benzene rings is 1. The van der Waals surface area contributed by atoms with E-state index in [0.29, 0.717) is 11.3 Å². The molecule has 1 aromatic carbocycles. The molecule has 2 aromatic rings. The monoisotopic (exact) mass is 334 g/mol. The van der Waals surface area contributed by atoms with Crippen molar-refractivity contribution in [1.82, 2.24) is 10.3 Å². The fraction of sp³-hybridized carbons (Fsp3) is 0.200. The van der Waals surface area contributed by atoms with Crippen molar-refractivity contribution < 1.29 is 9.53 Å². The molecule has 0 saturated heterocycles. The first-order valence-corrected chi connectivity index (χ1v) is 6.95. The van der Waals surface area contributed by atoms with E-state index in [1.165, 1.54) is 0 Å². The molecule has 20 heavy (non-hydrogen) atoms. The first-order valence-electron chi connectivity index (χ1n) is 6.16. The third kappa shape index (κ3) is 3.36. The van der Waals surface area contributed by atoms with Crippen LogP contribution in [0.4, 0.5) is 0 Å². The van der Waals surface area contributed by atoms with Crippen LogP contribution in [0.5, 0.6) is 5.75 Å². The number of amides is 1. The summed E-state index contributed by atoms with van der Waals surface area (Å²) < 4.78 is 5.90. The van der Waals surface area contributed by atoms with E-state index < -0.39 is 0 Å². The van der Waals surface area contributed by atoms with Gasteiger partial charge in [-0.25, -0.2) is 0 Å². The van der Waals surface area contributed by atoms with Crippen molar-refractivity contribution in [1.29, 1.82) is 0 Å². The van der Waals surface area contributed by atoms with Crippen molar-refractivity contribution in [3.63, 3.8) is 0 Å². The zero-order chi connectivity index (χ0) is 14.5. The largest absolute Gasteiger partial charge is 0.496 e. The Kier molecular flexibility index (Phi) is 4.74. The molecule has 0 aliphatic heterocycles. The van der Waals surface area contributed by atoms with E-state index >= 15 is 0 Å². The van der Waals surface area contributed by atoms with Gasteiger partial charge >= 0.3 is 0 Å². The van der Waals surface area contributed by atoms with Crippen molar-refractivity contribution in [3.05, 3.63) is 58.3 Å². The molecule has 1 aromatic heterocycles. The van der Waals surface area contributed by atoms with Crippen LogP contribution in [0.15, 0.2) is 47.2 Å². The van der Waals surface area contributed by atoms with E-state index in [0.717, 1.165) is 10.0 Å². The zero-order valence-electron chi connectivity index (χ0n) is 11.3. The SMILES string of the molecule is COc1ccc(C(=O)NC(C)c2ccncc2)cc1Br. The van der Waals surface area contributed by atoms with E-state index in [1.807, 2.05) is 19.1 Å². The molecule has 1 atom stereocenters. The number of nitrogens with zero attached hydrogens (tertiary/aromatic N) is 1. The first-order chi connectivity index (χ1) is 9.61. The summed E-state index contributed by atoms with van der Waals surface area (Å²) in [5.74, 6) is 0.571. The van der Waals surface area contributed by atoms with E-state index in [9.17, 15) is 4.79 Å². The van der Waals surface area contributed by atoms with Crippen LogP contribution in [0.25, 0.3) is 0 Å². The van der Waals surface area contributed by atoms with Gasteiger partial charge in [0.05, 0.1) is 17.6 Å². The summed E-state index contributed by atoms with van der Waals surface area (Å²) >= 11 is 3.37. The van der Waals surface area contributed by atoms with Crippen molar-refractivity contribution in [2.45, 2.75) is 13.0 Å². The number of hydrogen-bond acceptors (Lipinski definition) is 3. The van der Waals surface area contributed by atoms with Gasteiger partial charge in [0.2, 0.25) is 0 Å². The average molecular weight is 335 g/mol. The number of aromatic nitrogens is 1. The molecule has 4 nitrogen and oxygen atoms in total. The minimum atomic E-state index is -0.127. The maximum atomic E-state index is 12.2. The molecule has 104 valence electrons. The number of halogens is 1. The Morgan fingerprint density at radius 2 is 2.00 bits per heavy atom. The van der Waals surface area contributed by atoms with Gasteiger partial charge < -0.3 is 10.1 Å². The van der Waals surface area contributed by atoms with Crippen molar-refractivity contribution >= 4 is 21.8 Å². The topological polar surface area (TPSA) is 51.2 Å². The number of pyridine rings is 1. The van der Waals surface area contributed by atoms with Crippen LogP contribution in [0.2, 0.25) is 0 Å². The number of methoxy groups -OCH3 is 1. The van der Waals surface area contributed by atoms with E-state index in [1.54, 1.807) is 37.7 Å². The highest BCUT2D eigenvalue weighted by molar-refractivity contribution is 9.10. The third-order valence-electron chi connectivity index (χ3n) is 2.97. The quantitative estimate of drug-likeness (QED) is 0.932. The second kappa shape index (κ2) is 6.52. The van der Waals surface area contributed by atoms with Crippen LogP contribution >= 0.6 is 15.9 Å². The second-order valence-electron chi connectivity index (χ2n) is 4.33. The number of carbonyl (C=O) groups is 1. The predicted molar refractivity (Wildman–Crippen MR) is 80.8 cm³/mol. The van der Waals surface area contributed by atoms with Gasteiger partial charge in [-0.3, -0.25) is 9.78 Å². The Balaban J connectivity index is 2.10. The van der Waals surface area contributed by atoms with Crippen LogP contribution < -0.4 is 10.1 Å². The van der Waals surface area contributed by atoms with Gasteiger partial charge in [0.1, 0.15) is 5.75 Å². The number of carbonyl (C=O) groups excluding carboxylic acids is 1. The van der Waals surface area contributed by atoms with Gasteiger partial charge in [-0.2, -0.15) is 0 Å². The van der Waals surface area contributed by atoms with Crippen LogP contribution in [0.3, 0.4) is 0 Å². The fourth-order valence-corrected chi connectivity index (χ4v) is 2.36. The lowest BCUT2D eigenvalue weighted by Crippen LogP contribution is -2.26. The minimum absolute atomic E-state index is 0.0774. The lowest BCUT2D eigenvalue weighted by Gasteiger charge is -2.14. The van der Waals surface area contributed by atoms with E-state index in [2.05, 4.69) is 26.2 Å². The number of ether oxygens (including phenoxy) is 1. The number of nitrogens with one attached hydrogen (secondary N) is 1. The molecule has 0 aliphatic carbocycles. The van der Waals surface area contributed by atoms with Gasteiger partial charge in [0.15, 0.2) is 0 Å². The van der Waals surface area contributed by atoms with Crippen molar-refractivity contribution in [2.24, 2.45) is 0 Å². The Morgan fingerprint density at radius 1 is 1.30 bits per heavy atom. The summed E-state index contributed by atoms with van der Waals surface area (Å²) in [6.45, 7) is 1.94. The summed E-state index contributed by atoms with van der Waals surface area (Å²) in [5, 5.41) is 2.95. The van der Waals surface area contributed by atoms with Crippen LogP contribution in [0, 0.1) is 0 Å². The highest BCUT2D eigenvalue weighted by atomic mass is 79.9. The predicted octanol–water partition coefficient (Wildman–Crippen LogP) is 3.34. The van der Waals surface area contributed by atoms with Crippen LogP contribution in [0.1, 0.15) is 28.9 Å². The fourth-order valence-electron chi connectivity index (χ4n) is 1.82. The average Bonchev–Trinajstić information content (AvgIpc) is 2.48. The molecule has 1 unspecified atom stereocenters. The minimum Gasteiger partial charge on any atom is -0.496 e. The molecule has 0 radical (unpaired) electrons. The summed E-state index contributed by atoms with van der Waals surface area (Å²) in [4.78, 5) is 16.2. The lowest BCUT2D eigenvalue weighted by molar-refractivity contribution is 0.0940. The first kappa shape index (κ1) is 14.5. The molecule has 0 aliphatic rings. The molecule has 1 amide bonds. The third-order valence-corrected chi connectivity index (χ3v) is 3.59. The lowest BCUT2D eigenvalue weighted by atomic mass is 10.1. The Labute approximate surface area is 126 Å². The highest BCUT2D eigenvalue weighted by Gasteiger charge is 2.12. The molecule has 0 bridgehead atoms. The Morgan fingerprint density at radius 3 is 2.60 bits per heavy atom. The van der Waals surface area contributed by atoms with E-state index in [4.69, 9.17) is 4.74 Å². The number of rotatable bonds is 4. The highest BCUT2D eigenvalue weighted by Crippen LogP contribution is 2.25. The normalized spacial score (nSPS) is 11.8. The van der Waals surface area contributed by atoms with Gasteiger partial charge in [-0.15, -0.1) is 0 Å². The van der Waals surface area contributed by atoms with Crippen molar-refractivity contribution in [3.8, 4) is 5.75 Å². The molecular formula is C15H15BrN2O2. The molecule has 1 heterocycles. The Bertz CT molecular complexity index is 602. The van der Waals surface area contributed by atoms with Gasteiger partial charge in [-0.05, 0) is 58.7 Å². The summed E-state index contributed by atoms with van der Waals surface area (Å²) in [6.07, 6.45) is 3.42. The maximum absolute atomic E-state index is 12.2. The standard InChI is InChI=1S/C15H15BrN2O2/c1-10(11-5-7-17-8-6-11)18-15(19)12-3-4-14(20-2)13(16)9-12/h3-10H,1-2H3,(H,18,19). The summed E-state index contributed by atoms with van der Waals surface area (Å²) in [6, 6.07) is 8.93. The molecule has 1 N–H and O–H groups in total. The summed E-state index contributed by atoms with van der Waals surface area (Å²) in [7, 11) is 1.59. The Hall–Kier alpha value is -1.88. The molecule has 2 rings (SSSR count). The van der Waals surface area contributed by atoms with E-state index in [-0.39, 0.29) is 11.9 Å². The molecule has 5 heteroatoms. The van der Waals surface area contributed by atoms with Crippen molar-refractivity contribution in [2.75, 3.05) is 7.11 Å². The smallest absolute Gasteiger partial charge is 0.251 e. The zero-order valence-corrected chi connectivity index (χ0v) is 12.8. The molecule has 0 fully saturated rings. The maximum Gasteiger partial charge on any atom is 0.251 e. The van der Waals surface area contributed by atoms with Gasteiger partial charge in [0.25, 0.3) is 5.91 Å². The van der Waals surface area contributed by atoms with Gasteiger partial charge in [-0.1, -0.05) is 0 Å². The molecule has 0 spiro atoms. The summed E-state index contributed by atoms with van der Waals surface area (Å²) in [5.41, 5.74) is 1.60. The van der Waals surface area contributed by atoms with Gasteiger partial charge in [0, 0.05) is 18.0 Å². The van der Waals surface area contributed by atoms with Crippen LogP contribution in [-0.4, -0.2) is 18.0 Å². The molecular weight excluding hydrogens is 320 g/mol. The number of hydrogen-bond donors (Lipinski definition) is 1. The molecule has 0 saturated carbocycles. The second-order valence-corrected chi connectivity index (χ2v) is 5.18.